The molecule has 0 radical (unpaired) electrons. The van der Waals surface area contributed by atoms with Crippen LogP contribution in [-0.4, -0.2) is 11.9 Å². The normalized spacial score (nSPS) is 9.78. The summed E-state index contributed by atoms with van der Waals surface area (Å²) in [6.45, 7) is 0.593. The van der Waals surface area contributed by atoms with Gasteiger partial charge in [0, 0.05) is 5.33 Å². The van der Waals surface area contributed by atoms with Crippen molar-refractivity contribution in [3.63, 3.8) is 0 Å². The van der Waals surface area contributed by atoms with Crippen molar-refractivity contribution in [3.05, 3.63) is 54.1 Å². The molecule has 18 heavy (non-hydrogen) atoms. The summed E-state index contributed by atoms with van der Waals surface area (Å²) >= 11 is 3.30. The monoisotopic (exact) mass is 301 g/mol. The van der Waals surface area contributed by atoms with E-state index in [-0.39, 0.29) is 0 Å². The van der Waals surface area contributed by atoms with E-state index >= 15 is 0 Å². The molecule has 0 spiro atoms. The van der Waals surface area contributed by atoms with Gasteiger partial charge in [0.25, 0.3) is 0 Å². The van der Waals surface area contributed by atoms with Crippen LogP contribution in [0.2, 0.25) is 0 Å². The molecule has 0 heterocycles. The molecule has 0 unspecified atom stereocenters. The fraction of sp³-hybridized carbons (Fsp3) is 0.133. The Balaban J connectivity index is 2.36. The zero-order chi connectivity index (χ0) is 12.8. The largest absolute Gasteiger partial charge is 0.493 e. The van der Waals surface area contributed by atoms with Gasteiger partial charge in [-0.25, -0.2) is 0 Å². The summed E-state index contributed by atoms with van der Waals surface area (Å²) in [4.78, 5) is 0. The molecule has 0 aliphatic rings. The number of benzene rings is 2. The molecule has 2 aromatic rings. The average Bonchev–Trinajstić information content (AvgIpc) is 2.45. The summed E-state index contributed by atoms with van der Waals surface area (Å²) in [7, 11) is 0. The van der Waals surface area contributed by atoms with E-state index in [9.17, 15) is 5.26 Å². The number of hydrogen-bond donors (Lipinski definition) is 0. The van der Waals surface area contributed by atoms with Crippen LogP contribution in [-0.2, 0) is 0 Å². The lowest BCUT2D eigenvalue weighted by Gasteiger charge is -2.08. The Bertz CT molecular complexity index is 560. The molecule has 0 aliphatic heterocycles. The van der Waals surface area contributed by atoms with Gasteiger partial charge in [0.05, 0.1) is 18.2 Å². The molecule has 90 valence electrons. The Morgan fingerprint density at radius 3 is 2.56 bits per heavy atom. The van der Waals surface area contributed by atoms with Crippen LogP contribution in [0, 0.1) is 11.3 Å². The second-order valence-corrected chi connectivity index (χ2v) is 4.52. The molecule has 0 aliphatic carbocycles. The van der Waals surface area contributed by atoms with Crippen LogP contribution in [0.3, 0.4) is 0 Å². The number of rotatable bonds is 4. The zero-order valence-electron chi connectivity index (χ0n) is 9.77. The van der Waals surface area contributed by atoms with Gasteiger partial charge in [0.15, 0.2) is 0 Å². The molecule has 3 heteroatoms. The van der Waals surface area contributed by atoms with Crippen molar-refractivity contribution in [1.29, 1.82) is 5.26 Å². The Labute approximate surface area is 115 Å². The smallest absolute Gasteiger partial charge is 0.120 e. The predicted octanol–water partition coefficient (Wildman–Crippen LogP) is 4.00. The predicted molar refractivity (Wildman–Crippen MR) is 75.9 cm³/mol. The van der Waals surface area contributed by atoms with Gasteiger partial charge in [-0.15, -0.1) is 0 Å². The molecule has 2 rings (SSSR count). The van der Waals surface area contributed by atoms with E-state index in [4.69, 9.17) is 4.74 Å². The maximum absolute atomic E-state index is 9.21. The standard InChI is InChI=1S/C15H12BrNO/c16-8-9-18-14-6-7-15(13(10-14)11-17)12-4-2-1-3-5-12/h1-7,10H,8-9H2. The van der Waals surface area contributed by atoms with Crippen molar-refractivity contribution in [1.82, 2.24) is 0 Å². The van der Waals surface area contributed by atoms with Crippen molar-refractivity contribution in [2.24, 2.45) is 0 Å². The molecule has 0 saturated carbocycles. The van der Waals surface area contributed by atoms with Gasteiger partial charge < -0.3 is 4.74 Å². The highest BCUT2D eigenvalue weighted by molar-refractivity contribution is 9.09. The molecule has 0 N–H and O–H groups in total. The lowest BCUT2D eigenvalue weighted by atomic mass is 10.0. The SMILES string of the molecule is N#Cc1cc(OCCBr)ccc1-c1ccccc1. The third-order valence-electron chi connectivity index (χ3n) is 2.54. The molecule has 0 saturated heterocycles. The summed E-state index contributed by atoms with van der Waals surface area (Å²) in [5.74, 6) is 0.727. The Morgan fingerprint density at radius 1 is 1.11 bits per heavy atom. The molecule has 2 aromatic carbocycles. The first kappa shape index (κ1) is 12.7. The summed E-state index contributed by atoms with van der Waals surface area (Å²) in [5, 5.41) is 9.99. The topological polar surface area (TPSA) is 33.0 Å². The van der Waals surface area contributed by atoms with E-state index in [0.717, 1.165) is 22.2 Å². The minimum Gasteiger partial charge on any atom is -0.493 e. The highest BCUT2D eigenvalue weighted by atomic mass is 79.9. The van der Waals surface area contributed by atoms with E-state index in [0.29, 0.717) is 12.2 Å². The summed E-state index contributed by atoms with van der Waals surface area (Å²) in [6, 6.07) is 17.7. The van der Waals surface area contributed by atoms with Gasteiger partial charge >= 0.3 is 0 Å². The number of halogens is 1. The molecule has 2 nitrogen and oxygen atoms in total. The number of nitriles is 1. The van der Waals surface area contributed by atoms with Gasteiger partial charge in [0.2, 0.25) is 0 Å². The van der Waals surface area contributed by atoms with Gasteiger partial charge in [-0.05, 0) is 29.3 Å². The summed E-state index contributed by atoms with van der Waals surface area (Å²) in [6.07, 6.45) is 0. The third kappa shape index (κ3) is 2.91. The van der Waals surface area contributed by atoms with Gasteiger partial charge in [-0.1, -0.05) is 46.3 Å². The van der Waals surface area contributed by atoms with Crippen molar-refractivity contribution < 1.29 is 4.74 Å². The van der Waals surface area contributed by atoms with E-state index < -0.39 is 0 Å². The van der Waals surface area contributed by atoms with Crippen molar-refractivity contribution in [2.45, 2.75) is 0 Å². The van der Waals surface area contributed by atoms with Gasteiger partial charge in [-0.3, -0.25) is 0 Å². The van der Waals surface area contributed by atoms with Crippen LogP contribution in [0.1, 0.15) is 5.56 Å². The van der Waals surface area contributed by atoms with E-state index in [1.54, 1.807) is 6.07 Å². The quantitative estimate of drug-likeness (QED) is 0.800. The van der Waals surface area contributed by atoms with Gasteiger partial charge in [0.1, 0.15) is 5.75 Å². The second-order valence-electron chi connectivity index (χ2n) is 3.72. The van der Waals surface area contributed by atoms with Crippen molar-refractivity contribution >= 4 is 15.9 Å². The molecular weight excluding hydrogens is 290 g/mol. The zero-order valence-corrected chi connectivity index (χ0v) is 11.4. The maximum atomic E-state index is 9.21. The van der Waals surface area contributed by atoms with E-state index in [1.807, 2.05) is 42.5 Å². The first-order valence-electron chi connectivity index (χ1n) is 5.63. The average molecular weight is 302 g/mol. The fourth-order valence-electron chi connectivity index (χ4n) is 1.73. The Kier molecular flexibility index (Phi) is 4.38. The molecular formula is C15H12BrNO. The third-order valence-corrected chi connectivity index (χ3v) is 2.87. The lowest BCUT2D eigenvalue weighted by molar-refractivity contribution is 0.345. The second kappa shape index (κ2) is 6.23. The van der Waals surface area contributed by atoms with Crippen LogP contribution >= 0.6 is 15.9 Å². The number of alkyl halides is 1. The molecule has 0 amide bonds. The maximum Gasteiger partial charge on any atom is 0.120 e. The summed E-state index contributed by atoms with van der Waals surface area (Å²) in [5.41, 5.74) is 2.61. The molecule has 0 atom stereocenters. The first-order valence-corrected chi connectivity index (χ1v) is 6.75. The number of hydrogen-bond acceptors (Lipinski definition) is 2. The van der Waals surface area contributed by atoms with Crippen LogP contribution in [0.5, 0.6) is 5.75 Å². The van der Waals surface area contributed by atoms with Crippen molar-refractivity contribution in [3.8, 4) is 22.9 Å². The van der Waals surface area contributed by atoms with E-state index in [2.05, 4.69) is 22.0 Å². The number of ether oxygens (including phenoxy) is 1. The lowest BCUT2D eigenvalue weighted by Crippen LogP contribution is -1.98. The van der Waals surface area contributed by atoms with Crippen LogP contribution in [0.25, 0.3) is 11.1 Å². The summed E-state index contributed by atoms with van der Waals surface area (Å²) < 4.78 is 5.49. The fourth-order valence-corrected chi connectivity index (χ4v) is 1.89. The molecule has 0 fully saturated rings. The van der Waals surface area contributed by atoms with E-state index in [1.165, 1.54) is 0 Å². The van der Waals surface area contributed by atoms with Crippen LogP contribution in [0.15, 0.2) is 48.5 Å². The molecule has 0 aromatic heterocycles. The first-order chi connectivity index (χ1) is 8.85. The Hall–Kier alpha value is -1.79. The van der Waals surface area contributed by atoms with Crippen molar-refractivity contribution in [2.75, 3.05) is 11.9 Å². The minimum absolute atomic E-state index is 0.593. The van der Waals surface area contributed by atoms with Crippen LogP contribution < -0.4 is 4.74 Å². The molecule has 0 bridgehead atoms. The minimum atomic E-state index is 0.593. The number of nitrogens with zero attached hydrogens (tertiary/aromatic N) is 1. The van der Waals surface area contributed by atoms with Gasteiger partial charge in [-0.2, -0.15) is 5.26 Å². The highest BCUT2D eigenvalue weighted by Crippen LogP contribution is 2.26. The Morgan fingerprint density at radius 2 is 1.89 bits per heavy atom. The van der Waals surface area contributed by atoms with Crippen LogP contribution in [0.4, 0.5) is 0 Å². The highest BCUT2D eigenvalue weighted by Gasteiger charge is 2.06.